The van der Waals surface area contributed by atoms with Gasteiger partial charge in [0.25, 0.3) is 5.56 Å². The Hall–Kier alpha value is -2.90. The maximum absolute atomic E-state index is 12.5. The first kappa shape index (κ1) is 29.1. The molecule has 0 bridgehead atoms. The van der Waals surface area contributed by atoms with Crippen molar-refractivity contribution in [2.24, 2.45) is 0 Å². The van der Waals surface area contributed by atoms with Crippen molar-refractivity contribution in [1.82, 2.24) is 19.5 Å². The summed E-state index contributed by atoms with van der Waals surface area (Å²) in [5, 5.41) is 79.2. The molecule has 8 atom stereocenters. The average Bonchev–Trinajstić information content (AvgIpc) is 2.91. The second-order valence-electron chi connectivity index (χ2n) is 9.35. The molecule has 0 spiro atoms. The Kier molecular flexibility index (Phi) is 8.72. The van der Waals surface area contributed by atoms with Gasteiger partial charge in [-0.25, -0.2) is 9.78 Å². The van der Waals surface area contributed by atoms with Crippen LogP contribution in [0.5, 0.6) is 0 Å². The van der Waals surface area contributed by atoms with Gasteiger partial charge < -0.3 is 54.9 Å². The predicted molar refractivity (Wildman–Crippen MR) is 129 cm³/mol. The van der Waals surface area contributed by atoms with Gasteiger partial charge in [-0.05, 0) is 30.2 Å². The van der Waals surface area contributed by atoms with Crippen LogP contribution in [0, 0.1) is 6.92 Å². The van der Waals surface area contributed by atoms with E-state index in [1.165, 1.54) is 10.6 Å². The van der Waals surface area contributed by atoms with Gasteiger partial charge in [-0.15, -0.1) is 0 Å². The fraction of sp³-hybridized carbons (Fsp3) is 0.565. The SMILES string of the molecule is Cc1cc2nc3c(=O)[nH]c(=O)nc-3n(C[C@@H](O)[C@@H](O)[C@@H](O)CO)c2cc1COC1O[C@H](CO)[C@@H](O)[C@H](O)[C@H]1O. The molecule has 1 aromatic rings. The van der Waals surface area contributed by atoms with Crippen LogP contribution in [0.15, 0.2) is 21.7 Å². The normalized spacial score (nSPS) is 26.1. The number of nitrogens with zero attached hydrogens (tertiary/aromatic N) is 3. The van der Waals surface area contributed by atoms with Crippen molar-refractivity contribution in [3.8, 4) is 11.5 Å². The quantitative estimate of drug-likeness (QED) is 0.113. The number of fused-ring (bicyclic) bond motifs is 2. The second-order valence-corrected chi connectivity index (χ2v) is 9.35. The van der Waals surface area contributed by atoms with Crippen molar-refractivity contribution >= 4 is 11.0 Å². The van der Waals surface area contributed by atoms with Gasteiger partial charge >= 0.3 is 5.69 Å². The molecule has 1 saturated heterocycles. The van der Waals surface area contributed by atoms with Crippen LogP contribution in [0.4, 0.5) is 0 Å². The van der Waals surface area contributed by atoms with E-state index < -0.39 is 80.0 Å². The van der Waals surface area contributed by atoms with Crippen molar-refractivity contribution < 1.29 is 50.3 Å². The van der Waals surface area contributed by atoms with Crippen LogP contribution in [0.25, 0.3) is 22.6 Å². The molecule has 1 fully saturated rings. The molecule has 3 aliphatic rings. The minimum absolute atomic E-state index is 0.216. The highest BCUT2D eigenvalue weighted by atomic mass is 16.7. The Morgan fingerprint density at radius 3 is 2.44 bits per heavy atom. The van der Waals surface area contributed by atoms with E-state index in [9.17, 15) is 45.3 Å². The summed E-state index contributed by atoms with van der Waals surface area (Å²) in [7, 11) is 0. The Morgan fingerprint density at radius 1 is 1.05 bits per heavy atom. The third-order valence-corrected chi connectivity index (χ3v) is 6.66. The largest absolute Gasteiger partial charge is 0.394 e. The van der Waals surface area contributed by atoms with Gasteiger partial charge in [-0.2, -0.15) is 4.98 Å². The second kappa shape index (κ2) is 11.7. The van der Waals surface area contributed by atoms with Gasteiger partial charge in [-0.1, -0.05) is 0 Å². The number of aromatic nitrogens is 4. The van der Waals surface area contributed by atoms with Gasteiger partial charge in [0.1, 0.15) is 42.7 Å². The van der Waals surface area contributed by atoms with Crippen molar-refractivity contribution in [1.29, 1.82) is 0 Å². The summed E-state index contributed by atoms with van der Waals surface area (Å²) in [5.41, 5.74) is -0.477. The van der Waals surface area contributed by atoms with Gasteiger partial charge in [0, 0.05) is 0 Å². The van der Waals surface area contributed by atoms with Crippen molar-refractivity contribution in [3.05, 3.63) is 44.1 Å². The van der Waals surface area contributed by atoms with Crippen LogP contribution >= 0.6 is 0 Å². The zero-order valence-corrected chi connectivity index (χ0v) is 20.7. The summed E-state index contributed by atoms with van der Waals surface area (Å²) in [6.45, 7) is -0.458. The molecule has 0 saturated carbocycles. The summed E-state index contributed by atoms with van der Waals surface area (Å²) in [6, 6.07) is 3.11. The van der Waals surface area contributed by atoms with Crippen molar-refractivity contribution in [3.63, 3.8) is 0 Å². The van der Waals surface area contributed by atoms with Crippen LogP contribution in [-0.4, -0.2) is 123 Å². The molecule has 3 heterocycles. The lowest BCUT2D eigenvalue weighted by Crippen LogP contribution is -2.59. The zero-order chi connectivity index (χ0) is 28.6. The monoisotopic (exact) mass is 554 g/mol. The summed E-state index contributed by atoms with van der Waals surface area (Å²) >= 11 is 0. The molecule has 0 amide bonds. The number of aliphatic hydroxyl groups excluding tert-OH is 8. The summed E-state index contributed by atoms with van der Waals surface area (Å²) < 4.78 is 12.3. The molecule has 9 N–H and O–H groups in total. The number of aromatic amines is 1. The Labute approximate surface area is 219 Å². The van der Waals surface area contributed by atoms with Gasteiger partial charge in [0.05, 0.1) is 37.4 Å². The molecular weight excluding hydrogens is 524 g/mol. The van der Waals surface area contributed by atoms with E-state index >= 15 is 0 Å². The number of H-pyrrole nitrogens is 1. The molecule has 39 heavy (non-hydrogen) atoms. The topological polar surface area (TPSA) is 261 Å². The minimum Gasteiger partial charge on any atom is -0.394 e. The summed E-state index contributed by atoms with van der Waals surface area (Å²) in [4.78, 5) is 34.6. The highest BCUT2D eigenvalue weighted by molar-refractivity contribution is 5.81. The van der Waals surface area contributed by atoms with Gasteiger partial charge in [-0.3, -0.25) is 9.78 Å². The van der Waals surface area contributed by atoms with Crippen LogP contribution in [0.3, 0.4) is 0 Å². The standard InChI is InChI=1S/C23H30N4O12/c1-8-2-10-11(3-9(8)7-38-22-19(35)18(34)17(33)14(6-29)39-22)27(4-12(30)16(32)13(31)5-28)20-15(24-10)21(36)26-23(37)25-20/h2-3,12-14,16-19,22,28-35H,4-7H2,1H3,(H,26,36,37)/t12-,13+,14-,16-,17-,18+,19-,22?/m1/s1. The molecule has 0 aromatic heterocycles. The summed E-state index contributed by atoms with van der Waals surface area (Å²) in [6.07, 6.45) is -12.5. The smallest absolute Gasteiger partial charge is 0.349 e. The molecule has 0 aliphatic carbocycles. The van der Waals surface area contributed by atoms with E-state index in [0.717, 1.165) is 0 Å². The average molecular weight is 555 g/mol. The fourth-order valence-electron chi connectivity index (χ4n) is 4.37. The lowest BCUT2D eigenvalue weighted by Gasteiger charge is -2.39. The fourth-order valence-corrected chi connectivity index (χ4v) is 4.37. The molecule has 16 nitrogen and oxygen atoms in total. The van der Waals surface area contributed by atoms with Gasteiger partial charge in [0.2, 0.25) is 0 Å². The first-order chi connectivity index (χ1) is 18.5. The zero-order valence-electron chi connectivity index (χ0n) is 20.7. The van der Waals surface area contributed by atoms with Crippen LogP contribution in [0.2, 0.25) is 0 Å². The Morgan fingerprint density at radius 2 is 1.77 bits per heavy atom. The molecule has 1 unspecified atom stereocenters. The highest BCUT2D eigenvalue weighted by Gasteiger charge is 2.44. The van der Waals surface area contributed by atoms with E-state index in [4.69, 9.17) is 14.6 Å². The minimum atomic E-state index is -1.78. The number of aryl methyl sites for hydroxylation is 1. The first-order valence-electron chi connectivity index (χ1n) is 12.0. The van der Waals surface area contributed by atoms with E-state index in [2.05, 4.69) is 9.97 Å². The maximum atomic E-state index is 12.5. The van der Waals surface area contributed by atoms with E-state index in [1.807, 2.05) is 4.98 Å². The highest BCUT2D eigenvalue weighted by Crippen LogP contribution is 2.27. The van der Waals surface area contributed by atoms with Gasteiger partial charge in [0.15, 0.2) is 17.8 Å². The number of benzene rings is 1. The predicted octanol–water partition coefficient (Wildman–Crippen LogP) is -4.72. The summed E-state index contributed by atoms with van der Waals surface area (Å²) in [5.74, 6) is -0.217. The maximum Gasteiger partial charge on any atom is 0.349 e. The number of hydrogen-bond acceptors (Lipinski definition) is 14. The molecule has 3 aliphatic heterocycles. The number of nitrogens with one attached hydrogen (secondary N) is 1. The van der Waals surface area contributed by atoms with Crippen molar-refractivity contribution in [2.75, 3.05) is 13.2 Å². The van der Waals surface area contributed by atoms with E-state index in [0.29, 0.717) is 11.1 Å². The van der Waals surface area contributed by atoms with E-state index in [1.54, 1.807) is 13.0 Å². The Balaban J connectivity index is 1.75. The molecule has 0 radical (unpaired) electrons. The Bertz CT molecular complexity index is 1390. The number of rotatable bonds is 9. The van der Waals surface area contributed by atoms with Crippen molar-refractivity contribution in [2.45, 2.75) is 69.1 Å². The van der Waals surface area contributed by atoms with Crippen LogP contribution in [0.1, 0.15) is 11.1 Å². The third-order valence-electron chi connectivity index (χ3n) is 6.66. The number of aliphatic hydroxyl groups is 8. The molecule has 1 aromatic carbocycles. The first-order valence-corrected chi connectivity index (χ1v) is 12.0. The molecule has 4 rings (SSSR count). The van der Waals surface area contributed by atoms with Crippen LogP contribution in [-0.2, 0) is 22.6 Å². The molecule has 214 valence electrons. The number of hydrogen-bond donors (Lipinski definition) is 9. The lowest BCUT2D eigenvalue weighted by atomic mass is 9.99. The third kappa shape index (κ3) is 5.71. The molecule has 16 heteroatoms. The molecular formula is C23H30N4O12. The van der Waals surface area contributed by atoms with E-state index in [-0.39, 0.29) is 29.2 Å². The number of ether oxygens (including phenoxy) is 2. The lowest BCUT2D eigenvalue weighted by molar-refractivity contribution is -0.304. The van der Waals surface area contributed by atoms with Crippen LogP contribution < -0.4 is 11.2 Å².